The third-order valence-electron chi connectivity index (χ3n) is 2.66. The number of aromatic hydroxyl groups is 1. The van der Waals surface area contributed by atoms with Gasteiger partial charge in [-0.2, -0.15) is 0 Å². The number of carboxylic acids is 1. The molecule has 4 N–H and O–H groups in total. The number of rotatable bonds is 4. The van der Waals surface area contributed by atoms with E-state index in [-0.39, 0.29) is 12.0 Å². The number of amides is 1. The number of aromatic amines is 1. The lowest BCUT2D eigenvalue weighted by molar-refractivity contribution is -0.136. The number of hydrogen-bond donors (Lipinski definition) is 4. The SMILES string of the molecule is O=C(O)Cc1ccc(NC(=O)c2cc(O)[nH]c(=O)c2)cc1. The van der Waals surface area contributed by atoms with Gasteiger partial charge in [0.2, 0.25) is 0 Å². The number of aliphatic carboxylic acids is 1. The van der Waals surface area contributed by atoms with Crippen LogP contribution < -0.4 is 10.9 Å². The third-order valence-corrected chi connectivity index (χ3v) is 2.66. The van der Waals surface area contributed by atoms with Crippen LogP contribution in [0.5, 0.6) is 5.88 Å². The summed E-state index contributed by atoms with van der Waals surface area (Å²) in [6, 6.07) is 8.48. The molecule has 7 nitrogen and oxygen atoms in total. The van der Waals surface area contributed by atoms with E-state index in [0.29, 0.717) is 11.3 Å². The molecule has 1 heterocycles. The molecule has 1 aromatic carbocycles. The van der Waals surface area contributed by atoms with Crippen LogP contribution in [0.2, 0.25) is 0 Å². The molecule has 1 aromatic heterocycles. The zero-order valence-corrected chi connectivity index (χ0v) is 10.8. The molecule has 21 heavy (non-hydrogen) atoms. The van der Waals surface area contributed by atoms with Crippen molar-refractivity contribution in [2.24, 2.45) is 0 Å². The molecule has 1 amide bonds. The Bertz CT molecular complexity index is 734. The molecule has 0 bridgehead atoms. The number of carbonyl (C=O) groups excluding carboxylic acids is 1. The van der Waals surface area contributed by atoms with Crippen molar-refractivity contribution in [3.05, 3.63) is 57.9 Å². The van der Waals surface area contributed by atoms with Crippen molar-refractivity contribution in [3.63, 3.8) is 0 Å². The van der Waals surface area contributed by atoms with Gasteiger partial charge in [0.05, 0.1) is 12.0 Å². The van der Waals surface area contributed by atoms with Crippen molar-refractivity contribution >= 4 is 17.6 Å². The lowest BCUT2D eigenvalue weighted by atomic mass is 10.1. The fourth-order valence-corrected chi connectivity index (χ4v) is 1.74. The molecule has 7 heteroatoms. The fourth-order valence-electron chi connectivity index (χ4n) is 1.74. The smallest absolute Gasteiger partial charge is 0.307 e. The molecule has 0 aliphatic rings. The van der Waals surface area contributed by atoms with Gasteiger partial charge < -0.3 is 15.5 Å². The summed E-state index contributed by atoms with van der Waals surface area (Å²) in [6.45, 7) is 0. The third kappa shape index (κ3) is 3.93. The van der Waals surface area contributed by atoms with Gasteiger partial charge >= 0.3 is 5.97 Å². The van der Waals surface area contributed by atoms with Crippen molar-refractivity contribution in [2.45, 2.75) is 6.42 Å². The predicted octanol–water partition coefficient (Wildman–Crippen LogP) is 0.960. The molecule has 0 spiro atoms. The summed E-state index contributed by atoms with van der Waals surface area (Å²) < 4.78 is 0. The molecule has 2 aromatic rings. The first-order valence-electron chi connectivity index (χ1n) is 5.99. The van der Waals surface area contributed by atoms with Crippen molar-refractivity contribution in [1.29, 1.82) is 0 Å². The van der Waals surface area contributed by atoms with E-state index in [9.17, 15) is 19.5 Å². The second kappa shape index (κ2) is 5.91. The first-order valence-corrected chi connectivity index (χ1v) is 5.99. The van der Waals surface area contributed by atoms with Crippen LogP contribution in [-0.2, 0) is 11.2 Å². The number of carbonyl (C=O) groups is 2. The Morgan fingerprint density at radius 2 is 1.81 bits per heavy atom. The summed E-state index contributed by atoms with van der Waals surface area (Å²) in [6.07, 6.45) is -0.101. The Morgan fingerprint density at radius 1 is 1.14 bits per heavy atom. The summed E-state index contributed by atoms with van der Waals surface area (Å²) in [4.78, 5) is 35.7. The average Bonchev–Trinajstić information content (AvgIpc) is 2.39. The Morgan fingerprint density at radius 3 is 2.38 bits per heavy atom. The van der Waals surface area contributed by atoms with E-state index < -0.39 is 23.3 Å². The lowest BCUT2D eigenvalue weighted by Crippen LogP contribution is -2.15. The molecular formula is C14H12N2O5. The van der Waals surface area contributed by atoms with E-state index in [1.807, 2.05) is 0 Å². The maximum Gasteiger partial charge on any atom is 0.307 e. The van der Waals surface area contributed by atoms with E-state index in [4.69, 9.17) is 5.11 Å². The Hall–Kier alpha value is -3.09. The van der Waals surface area contributed by atoms with Gasteiger partial charge in [-0.05, 0) is 17.7 Å². The van der Waals surface area contributed by atoms with Crippen LogP contribution in [-0.4, -0.2) is 27.1 Å². The summed E-state index contributed by atoms with van der Waals surface area (Å²) >= 11 is 0. The summed E-state index contributed by atoms with van der Waals surface area (Å²) in [5.41, 5.74) is 0.492. The molecule has 0 unspecified atom stereocenters. The summed E-state index contributed by atoms with van der Waals surface area (Å²) in [5.74, 6) is -1.89. The molecule has 0 atom stereocenters. The number of benzene rings is 1. The lowest BCUT2D eigenvalue weighted by Gasteiger charge is -2.06. The van der Waals surface area contributed by atoms with Crippen LogP contribution in [0.3, 0.4) is 0 Å². The maximum atomic E-state index is 11.9. The van der Waals surface area contributed by atoms with Crippen LogP contribution in [0, 0.1) is 0 Å². The standard InChI is InChI=1S/C14H12N2O5/c17-11-6-9(7-12(18)16-11)14(21)15-10-3-1-8(2-4-10)5-13(19)20/h1-4,6-7H,5H2,(H,15,21)(H,19,20)(H2,16,17,18). The molecule has 0 saturated carbocycles. The molecule has 0 aliphatic carbocycles. The molecular weight excluding hydrogens is 276 g/mol. The average molecular weight is 288 g/mol. The first-order chi connectivity index (χ1) is 9.94. The Labute approximate surface area is 118 Å². The molecule has 108 valence electrons. The van der Waals surface area contributed by atoms with Gasteiger partial charge in [0, 0.05) is 17.8 Å². The topological polar surface area (TPSA) is 119 Å². The van der Waals surface area contributed by atoms with E-state index >= 15 is 0 Å². The number of pyridine rings is 1. The molecule has 0 radical (unpaired) electrons. The maximum absolute atomic E-state index is 11.9. The van der Waals surface area contributed by atoms with Crippen molar-refractivity contribution in [1.82, 2.24) is 4.98 Å². The van der Waals surface area contributed by atoms with E-state index in [0.717, 1.165) is 12.1 Å². The molecule has 0 fully saturated rings. The molecule has 0 saturated heterocycles. The van der Waals surface area contributed by atoms with Crippen molar-refractivity contribution < 1.29 is 19.8 Å². The van der Waals surface area contributed by atoms with Crippen LogP contribution in [0.4, 0.5) is 5.69 Å². The number of nitrogens with one attached hydrogen (secondary N) is 2. The minimum atomic E-state index is -0.939. The second-order valence-corrected chi connectivity index (χ2v) is 4.34. The summed E-state index contributed by atoms with van der Waals surface area (Å²) in [7, 11) is 0. The molecule has 2 rings (SSSR count). The largest absolute Gasteiger partial charge is 0.494 e. The van der Waals surface area contributed by atoms with Gasteiger partial charge in [-0.1, -0.05) is 12.1 Å². The zero-order chi connectivity index (χ0) is 15.4. The van der Waals surface area contributed by atoms with Gasteiger partial charge in [-0.25, -0.2) is 0 Å². The van der Waals surface area contributed by atoms with Gasteiger partial charge in [-0.15, -0.1) is 0 Å². The second-order valence-electron chi connectivity index (χ2n) is 4.34. The monoisotopic (exact) mass is 288 g/mol. The van der Waals surface area contributed by atoms with E-state index in [1.54, 1.807) is 24.3 Å². The van der Waals surface area contributed by atoms with Crippen LogP contribution in [0.1, 0.15) is 15.9 Å². The van der Waals surface area contributed by atoms with Crippen molar-refractivity contribution in [2.75, 3.05) is 5.32 Å². The highest BCUT2D eigenvalue weighted by molar-refractivity contribution is 6.04. The Kier molecular flexibility index (Phi) is 4.03. The highest BCUT2D eigenvalue weighted by Gasteiger charge is 2.09. The van der Waals surface area contributed by atoms with E-state index in [2.05, 4.69) is 10.3 Å². The number of aromatic nitrogens is 1. The summed E-state index contributed by atoms with van der Waals surface area (Å²) in [5, 5.41) is 20.4. The highest BCUT2D eigenvalue weighted by Crippen LogP contribution is 2.12. The van der Waals surface area contributed by atoms with Gasteiger partial charge in [0.25, 0.3) is 11.5 Å². The van der Waals surface area contributed by atoms with Crippen LogP contribution in [0.25, 0.3) is 0 Å². The number of H-pyrrole nitrogens is 1. The van der Waals surface area contributed by atoms with Gasteiger partial charge in [0.1, 0.15) is 0 Å². The minimum Gasteiger partial charge on any atom is -0.494 e. The normalized spacial score (nSPS) is 10.1. The quantitative estimate of drug-likeness (QED) is 0.668. The predicted molar refractivity (Wildman–Crippen MR) is 74.5 cm³/mol. The van der Waals surface area contributed by atoms with Crippen LogP contribution in [0.15, 0.2) is 41.2 Å². The highest BCUT2D eigenvalue weighted by atomic mass is 16.4. The molecule has 0 aliphatic heterocycles. The number of hydrogen-bond acceptors (Lipinski definition) is 4. The fraction of sp³-hybridized carbons (Fsp3) is 0.0714. The van der Waals surface area contributed by atoms with Crippen molar-refractivity contribution in [3.8, 4) is 5.88 Å². The number of anilines is 1. The zero-order valence-electron chi connectivity index (χ0n) is 10.8. The van der Waals surface area contributed by atoms with E-state index in [1.165, 1.54) is 0 Å². The minimum absolute atomic E-state index is 0.0193. The first kappa shape index (κ1) is 14.3. The van der Waals surface area contributed by atoms with Crippen LogP contribution >= 0.6 is 0 Å². The number of carboxylic acid groups (broad SMARTS) is 1. The van der Waals surface area contributed by atoms with Gasteiger partial charge in [-0.3, -0.25) is 19.4 Å². The Balaban J connectivity index is 2.12. The van der Waals surface area contributed by atoms with Gasteiger partial charge in [0.15, 0.2) is 5.88 Å².